The third-order valence-corrected chi connectivity index (χ3v) is 1.06. The van der Waals surface area contributed by atoms with Crippen molar-refractivity contribution in [3.8, 4) is 0 Å². The fourth-order valence-corrected chi connectivity index (χ4v) is 0.600. The first kappa shape index (κ1) is 9.35. The molecule has 0 saturated carbocycles. The van der Waals surface area contributed by atoms with Gasteiger partial charge in [0.05, 0.1) is 6.54 Å². The van der Waals surface area contributed by atoms with E-state index in [4.69, 9.17) is 11.6 Å². The van der Waals surface area contributed by atoms with Crippen LogP contribution in [0.3, 0.4) is 0 Å². The van der Waals surface area contributed by atoms with E-state index in [1.807, 2.05) is 7.05 Å². The lowest BCUT2D eigenvalue weighted by molar-refractivity contribution is -0.118. The van der Waals surface area contributed by atoms with Crippen molar-refractivity contribution in [1.29, 1.82) is 0 Å². The third-order valence-electron chi connectivity index (χ3n) is 1.06. The van der Waals surface area contributed by atoms with Gasteiger partial charge in [-0.25, -0.2) is 0 Å². The van der Waals surface area contributed by atoms with Crippen LogP contribution in [0.2, 0.25) is 0 Å². The predicted octanol–water partition coefficient (Wildman–Crippen LogP) is -2.13. The van der Waals surface area contributed by atoms with Gasteiger partial charge < -0.3 is 5.73 Å². The molecule has 0 heterocycles. The van der Waals surface area contributed by atoms with E-state index in [1.165, 1.54) is 0 Å². The molecule has 0 saturated heterocycles. The van der Waals surface area contributed by atoms with Crippen molar-refractivity contribution in [3.63, 3.8) is 0 Å². The first-order valence-corrected chi connectivity index (χ1v) is 3.07. The van der Waals surface area contributed by atoms with Crippen LogP contribution in [-0.2, 0) is 4.79 Å². The molecule has 0 aromatic heterocycles. The summed E-state index contributed by atoms with van der Waals surface area (Å²) in [7, 11) is 1.81. The number of nitrogens with two attached hydrogens (primary N) is 2. The van der Waals surface area contributed by atoms with Crippen molar-refractivity contribution in [1.82, 2.24) is 10.3 Å². The summed E-state index contributed by atoms with van der Waals surface area (Å²) < 4.78 is 0. The number of nitrogens with zero attached hydrogens (tertiary/aromatic N) is 1. The number of hydrogen-bond acceptors (Lipinski definition) is 4. The molecule has 1 amide bonds. The number of primary amides is 1. The SMILES string of the molecule is CN(CCNN)CC(N)=O. The summed E-state index contributed by atoms with van der Waals surface area (Å²) >= 11 is 0. The fraction of sp³-hybridized carbons (Fsp3) is 0.800. The van der Waals surface area contributed by atoms with Crippen molar-refractivity contribution in [2.24, 2.45) is 11.6 Å². The van der Waals surface area contributed by atoms with Crippen molar-refractivity contribution >= 4 is 5.91 Å². The summed E-state index contributed by atoms with van der Waals surface area (Å²) in [5, 5.41) is 0. The highest BCUT2D eigenvalue weighted by Crippen LogP contribution is 1.76. The predicted molar refractivity (Wildman–Crippen MR) is 38.9 cm³/mol. The number of hydrazine groups is 1. The highest BCUT2D eigenvalue weighted by atomic mass is 16.1. The van der Waals surface area contributed by atoms with E-state index in [0.29, 0.717) is 6.54 Å². The van der Waals surface area contributed by atoms with Gasteiger partial charge in [-0.1, -0.05) is 0 Å². The molecule has 0 aliphatic rings. The van der Waals surface area contributed by atoms with E-state index in [1.54, 1.807) is 4.90 Å². The second-order valence-corrected chi connectivity index (χ2v) is 2.16. The molecule has 0 fully saturated rings. The Hall–Kier alpha value is -0.650. The van der Waals surface area contributed by atoms with Gasteiger partial charge in [-0.3, -0.25) is 21.0 Å². The lowest BCUT2D eigenvalue weighted by Crippen LogP contribution is -2.37. The Morgan fingerprint density at radius 3 is 2.70 bits per heavy atom. The summed E-state index contributed by atoms with van der Waals surface area (Å²) in [5.41, 5.74) is 7.41. The molecule has 0 aromatic rings. The van der Waals surface area contributed by atoms with Crippen molar-refractivity contribution in [2.75, 3.05) is 26.7 Å². The number of carbonyl (C=O) groups excluding carboxylic acids is 1. The molecule has 0 spiro atoms. The third kappa shape index (κ3) is 5.49. The maximum Gasteiger partial charge on any atom is 0.231 e. The van der Waals surface area contributed by atoms with Crippen LogP contribution in [-0.4, -0.2) is 37.5 Å². The monoisotopic (exact) mass is 146 g/mol. The Bertz CT molecular complexity index is 106. The number of nitrogens with one attached hydrogen (secondary N) is 1. The van der Waals surface area contributed by atoms with Gasteiger partial charge in [0.15, 0.2) is 0 Å². The van der Waals surface area contributed by atoms with Gasteiger partial charge in [0, 0.05) is 13.1 Å². The number of likely N-dealkylation sites (N-methyl/N-ethyl adjacent to an activating group) is 1. The highest BCUT2D eigenvalue weighted by molar-refractivity contribution is 5.75. The molecule has 10 heavy (non-hydrogen) atoms. The molecule has 0 aliphatic heterocycles. The van der Waals surface area contributed by atoms with Gasteiger partial charge in [-0.05, 0) is 7.05 Å². The Morgan fingerprint density at radius 1 is 1.70 bits per heavy atom. The van der Waals surface area contributed by atoms with E-state index in [0.717, 1.165) is 6.54 Å². The molecule has 0 aromatic carbocycles. The minimum Gasteiger partial charge on any atom is -0.369 e. The van der Waals surface area contributed by atoms with E-state index in [2.05, 4.69) is 5.43 Å². The van der Waals surface area contributed by atoms with E-state index in [-0.39, 0.29) is 12.5 Å². The van der Waals surface area contributed by atoms with Crippen molar-refractivity contribution in [2.45, 2.75) is 0 Å². The molecule has 5 heteroatoms. The average Bonchev–Trinajstić information content (AvgIpc) is 1.82. The number of hydrogen-bond donors (Lipinski definition) is 3. The quantitative estimate of drug-likeness (QED) is 0.305. The number of carbonyl (C=O) groups is 1. The molecule has 0 unspecified atom stereocenters. The van der Waals surface area contributed by atoms with Crippen LogP contribution in [0.4, 0.5) is 0 Å². The summed E-state index contributed by atoms with van der Waals surface area (Å²) in [5.74, 6) is 4.69. The van der Waals surface area contributed by atoms with Gasteiger partial charge in [-0.15, -0.1) is 0 Å². The number of rotatable bonds is 5. The van der Waals surface area contributed by atoms with Gasteiger partial charge in [-0.2, -0.15) is 0 Å². The normalized spacial score (nSPS) is 10.3. The van der Waals surface area contributed by atoms with Crippen LogP contribution in [0.25, 0.3) is 0 Å². The minimum absolute atomic E-state index is 0.279. The molecule has 0 radical (unpaired) electrons. The van der Waals surface area contributed by atoms with Crippen molar-refractivity contribution < 1.29 is 4.79 Å². The van der Waals surface area contributed by atoms with E-state index >= 15 is 0 Å². The Kier molecular flexibility index (Phi) is 4.82. The first-order valence-electron chi connectivity index (χ1n) is 3.07. The Morgan fingerprint density at radius 2 is 2.30 bits per heavy atom. The van der Waals surface area contributed by atoms with Gasteiger partial charge >= 0.3 is 0 Å². The van der Waals surface area contributed by atoms with Crippen LogP contribution in [0.1, 0.15) is 0 Å². The van der Waals surface area contributed by atoms with Crippen LogP contribution >= 0.6 is 0 Å². The largest absolute Gasteiger partial charge is 0.369 e. The molecule has 0 rings (SSSR count). The standard InChI is InChI=1S/C5H14N4O/c1-9(3-2-8-7)4-5(6)10/h8H,2-4,7H2,1H3,(H2,6,10). The molecule has 0 aliphatic carbocycles. The van der Waals surface area contributed by atoms with Crippen LogP contribution in [0, 0.1) is 0 Å². The van der Waals surface area contributed by atoms with Gasteiger partial charge in [0.2, 0.25) is 5.91 Å². The van der Waals surface area contributed by atoms with Gasteiger partial charge in [0.1, 0.15) is 0 Å². The zero-order valence-corrected chi connectivity index (χ0v) is 6.13. The summed E-state index contributed by atoms with van der Waals surface area (Å²) in [6.07, 6.45) is 0. The molecule has 0 atom stereocenters. The first-order chi connectivity index (χ1) is 4.66. The summed E-state index contributed by atoms with van der Waals surface area (Å²) in [4.78, 5) is 12.1. The second-order valence-electron chi connectivity index (χ2n) is 2.16. The van der Waals surface area contributed by atoms with Crippen LogP contribution < -0.4 is 17.0 Å². The van der Waals surface area contributed by atoms with Crippen LogP contribution in [0.15, 0.2) is 0 Å². The molecule has 0 bridgehead atoms. The molecular formula is C5H14N4O. The maximum absolute atomic E-state index is 10.3. The topological polar surface area (TPSA) is 84.4 Å². The lowest BCUT2D eigenvalue weighted by atomic mass is 10.5. The van der Waals surface area contributed by atoms with E-state index < -0.39 is 0 Å². The average molecular weight is 146 g/mol. The van der Waals surface area contributed by atoms with Gasteiger partial charge in [0.25, 0.3) is 0 Å². The lowest BCUT2D eigenvalue weighted by Gasteiger charge is -2.12. The van der Waals surface area contributed by atoms with E-state index in [9.17, 15) is 4.79 Å². The summed E-state index contributed by atoms with van der Waals surface area (Å²) in [6, 6.07) is 0. The molecular weight excluding hydrogens is 132 g/mol. The van der Waals surface area contributed by atoms with Crippen LogP contribution in [0.5, 0.6) is 0 Å². The zero-order valence-electron chi connectivity index (χ0n) is 6.13. The minimum atomic E-state index is -0.320. The second kappa shape index (κ2) is 5.16. The smallest absolute Gasteiger partial charge is 0.231 e. The Balaban J connectivity index is 3.25. The Labute approximate surface area is 60.3 Å². The number of amides is 1. The molecule has 5 N–H and O–H groups in total. The molecule has 5 nitrogen and oxygen atoms in total. The zero-order chi connectivity index (χ0) is 7.98. The summed E-state index contributed by atoms with van der Waals surface area (Å²) in [6.45, 7) is 1.66. The fourth-order valence-electron chi connectivity index (χ4n) is 0.600. The maximum atomic E-state index is 10.3. The van der Waals surface area contributed by atoms with Crippen molar-refractivity contribution in [3.05, 3.63) is 0 Å². The molecule has 60 valence electrons. The highest BCUT2D eigenvalue weighted by Gasteiger charge is 1.99.